The summed E-state index contributed by atoms with van der Waals surface area (Å²) in [4.78, 5) is 32.5. The second-order valence-electron chi connectivity index (χ2n) is 31.5. The van der Waals surface area contributed by atoms with Crippen molar-refractivity contribution in [3.63, 3.8) is 0 Å². The molecule has 122 heavy (non-hydrogen) atoms. The predicted molar refractivity (Wildman–Crippen MR) is 515 cm³/mol. The number of nitrogens with zero attached hydrogens (tertiary/aromatic N) is 6. The summed E-state index contributed by atoms with van der Waals surface area (Å²) < 4.78 is 4.97. The van der Waals surface area contributed by atoms with Crippen molar-refractivity contribution in [2.45, 2.75) is 0 Å². The van der Waals surface area contributed by atoms with E-state index in [0.29, 0.717) is 11.6 Å². The molecule has 0 unspecified atom stereocenters. The molecule has 0 spiro atoms. The summed E-state index contributed by atoms with van der Waals surface area (Å²) >= 11 is 3.70. The monoisotopic (exact) mass is 1580 g/mol. The molecule has 0 aliphatic rings. The second kappa shape index (κ2) is 29.2. The van der Waals surface area contributed by atoms with E-state index in [0.717, 1.165) is 151 Å². The van der Waals surface area contributed by atoms with Crippen molar-refractivity contribution in [1.82, 2.24) is 29.9 Å². The zero-order valence-electron chi connectivity index (χ0n) is 65.8. The number of thiophene rings is 2. The molecule has 566 valence electrons. The van der Waals surface area contributed by atoms with Crippen LogP contribution in [0.2, 0.25) is 0 Å². The molecule has 6 nitrogen and oxygen atoms in total. The molecule has 0 amide bonds. The summed E-state index contributed by atoms with van der Waals surface area (Å²) in [5.74, 6) is 1.30. The third-order valence-corrected chi connectivity index (χ3v) is 26.7. The Morgan fingerprint density at radius 1 is 0.164 bits per heavy atom. The summed E-state index contributed by atoms with van der Waals surface area (Å²) in [6.45, 7) is 0. The highest BCUT2D eigenvalue weighted by Gasteiger charge is 2.24. The summed E-state index contributed by atoms with van der Waals surface area (Å²) in [6.07, 6.45) is 0. The molecular formula is C114H68N6S2. The molecule has 0 bridgehead atoms. The molecule has 0 N–H and O–H groups in total. The maximum atomic E-state index is 5.61. The zero-order chi connectivity index (χ0) is 80.3. The Morgan fingerprint density at radius 2 is 0.451 bits per heavy atom. The number of benzene rings is 18. The van der Waals surface area contributed by atoms with E-state index < -0.39 is 0 Å². The van der Waals surface area contributed by atoms with E-state index >= 15 is 0 Å². The molecule has 0 saturated carbocycles. The predicted octanol–water partition coefficient (Wildman–Crippen LogP) is 31.4. The molecule has 0 saturated heterocycles. The van der Waals surface area contributed by atoms with Crippen LogP contribution in [0.5, 0.6) is 0 Å². The van der Waals surface area contributed by atoms with E-state index in [-0.39, 0.29) is 0 Å². The third kappa shape index (κ3) is 12.4. The number of hydrogen-bond acceptors (Lipinski definition) is 8. The fraction of sp³-hybridized carbons (Fsp3) is 0. The lowest BCUT2D eigenvalue weighted by Crippen LogP contribution is -1.96. The van der Waals surface area contributed by atoms with Crippen molar-refractivity contribution in [3.05, 3.63) is 413 Å². The van der Waals surface area contributed by atoms with Crippen LogP contribution in [0, 0.1) is 0 Å². The summed E-state index contributed by atoms with van der Waals surface area (Å²) in [6, 6.07) is 148. The SMILES string of the molecule is c1ccc(-c2ccc(-c3cc(-c4ccc(-c5ccc6nc(-c7cc8ccccc8c8ccccc78)c7c8ccccc8sc7c6c5)cc4)nc(-c4cccc(-c5ccc(-c6ccc(-c7nc(-c8ccccc8)cc(-c8ccc(-c9ccc%10nc(-c%11cc%12ccccc%12c%12ccccc%11%12)c%11c%12ccccc%12sc%11c%10c9)cc8)n7)cc6)cc5)c4)n3)cc2)cc1. The minimum atomic E-state index is 0.645. The van der Waals surface area contributed by atoms with Gasteiger partial charge in [-0.25, -0.2) is 29.9 Å². The molecule has 0 atom stereocenters. The van der Waals surface area contributed by atoms with E-state index in [2.05, 4.69) is 406 Å². The zero-order valence-corrected chi connectivity index (χ0v) is 67.4. The van der Waals surface area contributed by atoms with Gasteiger partial charge < -0.3 is 0 Å². The van der Waals surface area contributed by atoms with Crippen molar-refractivity contribution in [2.75, 3.05) is 0 Å². The molecule has 6 heterocycles. The second-order valence-corrected chi connectivity index (χ2v) is 33.6. The molecule has 24 aromatic rings. The molecule has 0 fully saturated rings. The first-order chi connectivity index (χ1) is 60.4. The van der Waals surface area contributed by atoms with Gasteiger partial charge in [-0.2, -0.15) is 0 Å². The Hall–Kier alpha value is -15.6. The topological polar surface area (TPSA) is 77.3 Å². The first-order valence-electron chi connectivity index (χ1n) is 41.2. The Labute approximate surface area is 711 Å². The van der Waals surface area contributed by atoms with E-state index in [9.17, 15) is 0 Å². The Morgan fingerprint density at radius 3 is 0.877 bits per heavy atom. The highest BCUT2D eigenvalue weighted by atomic mass is 32.1. The van der Waals surface area contributed by atoms with Crippen molar-refractivity contribution < 1.29 is 0 Å². The van der Waals surface area contributed by atoms with Crippen molar-refractivity contribution in [3.8, 4) is 146 Å². The number of hydrogen-bond donors (Lipinski definition) is 0. The highest BCUT2D eigenvalue weighted by Crippen LogP contribution is 2.50. The lowest BCUT2D eigenvalue weighted by molar-refractivity contribution is 1.18. The largest absolute Gasteiger partial charge is 0.247 e. The maximum absolute atomic E-state index is 5.61. The first-order valence-corrected chi connectivity index (χ1v) is 42.9. The fourth-order valence-corrected chi connectivity index (χ4v) is 20.6. The van der Waals surface area contributed by atoms with Gasteiger partial charge in [0.25, 0.3) is 0 Å². The van der Waals surface area contributed by atoms with Crippen LogP contribution >= 0.6 is 22.7 Å². The minimum absolute atomic E-state index is 0.645. The summed E-state index contributed by atoms with van der Waals surface area (Å²) in [5.41, 5.74) is 26.6. The Balaban J connectivity index is 0.521. The molecule has 0 aliphatic carbocycles. The van der Waals surface area contributed by atoms with Gasteiger partial charge >= 0.3 is 0 Å². The van der Waals surface area contributed by atoms with E-state index in [4.69, 9.17) is 29.9 Å². The first kappa shape index (κ1) is 70.6. The molecule has 8 heteroatoms. The molecule has 18 aromatic carbocycles. The fourth-order valence-electron chi connectivity index (χ4n) is 18.2. The van der Waals surface area contributed by atoms with Gasteiger partial charge in [-0.3, -0.25) is 0 Å². The summed E-state index contributed by atoms with van der Waals surface area (Å²) in [5, 5.41) is 16.9. The molecule has 6 aromatic heterocycles. The van der Waals surface area contributed by atoms with Gasteiger partial charge in [0, 0.05) is 95.6 Å². The average molecular weight is 1590 g/mol. The molecular weight excluding hydrogens is 1520 g/mol. The standard InChI is InChI=1S/C114H68N6S2/c1-3-20-69(21-4-1)70-42-50-77(51-43-70)103-68-104(79-54-46-75(47-55-79)83-59-61-100-98(64-83)112-108(94-35-16-18-37-106(94)122-112)110(116-100)96-66-85-25-8-10-29-88(85)90-31-12-14-33-92(90)96)120-114(119-103)86-27-19-26-81(62-86)73-40-38-71(39-41-73)72-48-56-80(57-49-72)113-117-101(76-22-5-2-6-23-76)67-102(118-113)78-52-44-74(45-53-78)82-58-60-99-97(63-82)111-107(93-34-15-17-36-105(93)121-111)109(115-99)95-65-84-24-7-9-28-87(84)89-30-11-13-32-91(89)95/h1-68H. The van der Waals surface area contributed by atoms with Crippen molar-refractivity contribution >= 4 is 128 Å². The van der Waals surface area contributed by atoms with Gasteiger partial charge in [0.15, 0.2) is 11.6 Å². The minimum Gasteiger partial charge on any atom is -0.247 e. The van der Waals surface area contributed by atoms with Crippen LogP contribution in [-0.4, -0.2) is 29.9 Å². The van der Waals surface area contributed by atoms with Gasteiger partial charge in [-0.1, -0.05) is 346 Å². The number of aromatic nitrogens is 6. The third-order valence-electron chi connectivity index (χ3n) is 24.3. The van der Waals surface area contributed by atoms with Gasteiger partial charge in [0.1, 0.15) is 0 Å². The van der Waals surface area contributed by atoms with Crippen molar-refractivity contribution in [1.29, 1.82) is 0 Å². The van der Waals surface area contributed by atoms with Gasteiger partial charge in [-0.05, 0) is 165 Å². The Bertz CT molecular complexity index is 8330. The van der Waals surface area contributed by atoms with Crippen molar-refractivity contribution in [2.24, 2.45) is 0 Å². The number of rotatable bonds is 13. The maximum Gasteiger partial charge on any atom is 0.160 e. The van der Waals surface area contributed by atoms with Crippen LogP contribution in [0.15, 0.2) is 413 Å². The smallest absolute Gasteiger partial charge is 0.160 e. The van der Waals surface area contributed by atoms with Crippen LogP contribution in [0.1, 0.15) is 0 Å². The number of fused-ring (bicyclic) bond motifs is 16. The average Bonchev–Trinajstić information content (AvgIpc) is 1.53. The van der Waals surface area contributed by atoms with Crippen LogP contribution in [-0.2, 0) is 0 Å². The quantitative estimate of drug-likeness (QED) is 0.107. The van der Waals surface area contributed by atoms with Gasteiger partial charge in [0.2, 0.25) is 0 Å². The molecule has 0 aliphatic heterocycles. The van der Waals surface area contributed by atoms with E-state index in [1.54, 1.807) is 0 Å². The van der Waals surface area contributed by atoms with Crippen LogP contribution in [0.3, 0.4) is 0 Å². The normalized spacial score (nSPS) is 11.8. The van der Waals surface area contributed by atoms with E-state index in [1.165, 1.54) is 89.0 Å². The van der Waals surface area contributed by atoms with Gasteiger partial charge in [-0.15, -0.1) is 22.7 Å². The van der Waals surface area contributed by atoms with Crippen LogP contribution in [0.25, 0.3) is 251 Å². The lowest BCUT2D eigenvalue weighted by atomic mass is 9.93. The van der Waals surface area contributed by atoms with Crippen LogP contribution < -0.4 is 0 Å². The molecule has 24 rings (SSSR count). The lowest BCUT2D eigenvalue weighted by Gasteiger charge is -2.14. The number of pyridine rings is 2. The summed E-state index contributed by atoms with van der Waals surface area (Å²) in [7, 11) is 0. The highest BCUT2D eigenvalue weighted by molar-refractivity contribution is 7.27. The molecule has 0 radical (unpaired) electrons. The Kier molecular flexibility index (Phi) is 16.9. The van der Waals surface area contributed by atoms with Gasteiger partial charge in [0.05, 0.1) is 45.2 Å². The van der Waals surface area contributed by atoms with E-state index in [1.807, 2.05) is 28.7 Å². The van der Waals surface area contributed by atoms with Crippen LogP contribution in [0.4, 0.5) is 0 Å².